The van der Waals surface area contributed by atoms with Gasteiger partial charge < -0.3 is 4.74 Å². The second-order valence-electron chi connectivity index (χ2n) is 2.98. The van der Waals surface area contributed by atoms with Crippen LogP contribution >= 0.6 is 22.2 Å². The van der Waals surface area contributed by atoms with Crippen molar-refractivity contribution in [3.63, 3.8) is 0 Å². The van der Waals surface area contributed by atoms with Crippen LogP contribution in [0.5, 0.6) is 5.75 Å². The quantitative estimate of drug-likeness (QED) is 0.582. The van der Waals surface area contributed by atoms with Crippen molar-refractivity contribution in [1.29, 1.82) is 0 Å². The predicted molar refractivity (Wildman–Crippen MR) is 64.4 cm³/mol. The molecule has 0 aliphatic heterocycles. The van der Waals surface area contributed by atoms with Crippen molar-refractivity contribution in [3.05, 3.63) is 42.1 Å². The van der Waals surface area contributed by atoms with Gasteiger partial charge in [0.05, 0.1) is 0 Å². The predicted octanol–water partition coefficient (Wildman–Crippen LogP) is 3.71. The van der Waals surface area contributed by atoms with Gasteiger partial charge in [0, 0.05) is 0 Å². The van der Waals surface area contributed by atoms with Gasteiger partial charge >= 0.3 is 0 Å². The van der Waals surface area contributed by atoms with Crippen molar-refractivity contribution in [3.8, 4) is 5.75 Å². The van der Waals surface area contributed by atoms with Crippen LogP contribution in [0.15, 0.2) is 42.1 Å². The monoisotopic (exact) mass is 246 g/mol. The molecule has 0 spiro atoms. The lowest BCUT2D eigenvalue weighted by Crippen LogP contribution is -2.08. The molecule has 0 radical (unpaired) electrons. The lowest BCUT2D eigenvalue weighted by Gasteiger charge is -2.04. The number of halogens is 2. The highest BCUT2D eigenvalue weighted by molar-refractivity contribution is 7.47. The third-order valence-electron chi connectivity index (χ3n) is 1.50. The van der Waals surface area contributed by atoms with E-state index < -0.39 is 6.69 Å². The molecule has 0 aliphatic carbocycles. The van der Waals surface area contributed by atoms with E-state index in [0.717, 1.165) is 5.75 Å². The zero-order chi connectivity index (χ0) is 10.4. The number of hydrogen-bond donors (Lipinski definition) is 0. The zero-order valence-corrected chi connectivity index (χ0v) is 10.4. The maximum absolute atomic E-state index is 5.88. The number of rotatable bonds is 4. The molecule has 0 N–H and O–H groups in total. The van der Waals surface area contributed by atoms with Gasteiger partial charge in [-0.3, -0.25) is 0 Å². The standard InChI is InChI=1S/C10H12Cl2OSi/c1-14(11,12)9-5-8-13-10-6-3-2-4-7-10/h2-7,9H,8H2,1H3/b9-5-. The summed E-state index contributed by atoms with van der Waals surface area (Å²) in [4.78, 5) is 0. The number of ether oxygens (including phenoxy) is 1. The van der Waals surface area contributed by atoms with Gasteiger partial charge in [-0.1, -0.05) is 30.0 Å². The van der Waals surface area contributed by atoms with E-state index in [9.17, 15) is 0 Å². The summed E-state index contributed by atoms with van der Waals surface area (Å²) in [6, 6.07) is 9.63. The van der Waals surface area contributed by atoms with E-state index in [0.29, 0.717) is 6.61 Å². The minimum atomic E-state index is -2.11. The van der Waals surface area contributed by atoms with E-state index in [1.165, 1.54) is 0 Å². The molecule has 0 atom stereocenters. The summed E-state index contributed by atoms with van der Waals surface area (Å²) in [5.41, 5.74) is 1.83. The summed E-state index contributed by atoms with van der Waals surface area (Å²) in [6.07, 6.45) is 1.86. The topological polar surface area (TPSA) is 9.23 Å². The third-order valence-corrected chi connectivity index (χ3v) is 3.08. The number of hydrogen-bond acceptors (Lipinski definition) is 1. The van der Waals surface area contributed by atoms with Gasteiger partial charge in [0.15, 0.2) is 0 Å². The molecule has 76 valence electrons. The molecule has 4 heteroatoms. The van der Waals surface area contributed by atoms with E-state index in [-0.39, 0.29) is 0 Å². The molecule has 0 aliphatic rings. The maximum Gasteiger partial charge on any atom is 0.270 e. The first-order valence-electron chi connectivity index (χ1n) is 4.31. The molecule has 0 unspecified atom stereocenters. The number of para-hydroxylation sites is 1. The molecule has 1 nitrogen and oxygen atoms in total. The van der Waals surface area contributed by atoms with Crippen LogP contribution in [0.25, 0.3) is 0 Å². The van der Waals surface area contributed by atoms with Gasteiger partial charge in [0.25, 0.3) is 6.69 Å². The molecule has 1 rings (SSSR count). The fraction of sp³-hybridized carbons (Fsp3) is 0.200. The minimum absolute atomic E-state index is 0.506. The van der Waals surface area contributed by atoms with Crippen molar-refractivity contribution in [1.82, 2.24) is 0 Å². The Hall–Kier alpha value is -0.443. The first-order valence-corrected chi connectivity index (χ1v) is 8.91. The zero-order valence-electron chi connectivity index (χ0n) is 7.91. The van der Waals surface area contributed by atoms with E-state index in [1.807, 2.05) is 48.7 Å². The van der Waals surface area contributed by atoms with Gasteiger partial charge in [-0.2, -0.15) is 0 Å². The largest absolute Gasteiger partial charge is 0.490 e. The maximum atomic E-state index is 5.88. The van der Waals surface area contributed by atoms with E-state index in [1.54, 1.807) is 0 Å². The van der Waals surface area contributed by atoms with E-state index >= 15 is 0 Å². The highest BCUT2D eigenvalue weighted by atomic mass is 35.7. The van der Waals surface area contributed by atoms with Crippen molar-refractivity contribution in [2.45, 2.75) is 6.55 Å². The summed E-state index contributed by atoms with van der Waals surface area (Å²) in [5.74, 6) is 0.852. The highest BCUT2D eigenvalue weighted by Crippen LogP contribution is 2.15. The van der Waals surface area contributed by atoms with Gasteiger partial charge in [-0.15, -0.1) is 22.2 Å². The Labute approximate surface area is 94.7 Å². The molecule has 0 heterocycles. The molecule has 1 aromatic rings. The molecule has 0 saturated carbocycles. The highest BCUT2D eigenvalue weighted by Gasteiger charge is 2.14. The smallest absolute Gasteiger partial charge is 0.270 e. The number of benzene rings is 1. The minimum Gasteiger partial charge on any atom is -0.490 e. The van der Waals surface area contributed by atoms with Crippen LogP contribution in [0, 0.1) is 0 Å². The van der Waals surface area contributed by atoms with E-state index in [4.69, 9.17) is 26.9 Å². The Morgan fingerprint density at radius 1 is 1.29 bits per heavy atom. The fourth-order valence-electron chi connectivity index (χ4n) is 0.916. The van der Waals surface area contributed by atoms with Crippen LogP contribution in [0.1, 0.15) is 0 Å². The van der Waals surface area contributed by atoms with Crippen LogP contribution in [0.3, 0.4) is 0 Å². The Balaban J connectivity index is 2.33. The van der Waals surface area contributed by atoms with Crippen molar-refractivity contribution in [2.75, 3.05) is 6.61 Å². The van der Waals surface area contributed by atoms with Crippen LogP contribution < -0.4 is 4.74 Å². The SMILES string of the molecule is C[Si](Cl)(Cl)/C=C\COc1ccccc1. The van der Waals surface area contributed by atoms with Gasteiger partial charge in [0.2, 0.25) is 0 Å². The van der Waals surface area contributed by atoms with Crippen LogP contribution in [-0.4, -0.2) is 13.3 Å². The van der Waals surface area contributed by atoms with Gasteiger partial charge in [0.1, 0.15) is 12.4 Å². The Morgan fingerprint density at radius 3 is 2.50 bits per heavy atom. The normalized spacial score (nSPS) is 11.9. The second kappa shape index (κ2) is 5.44. The van der Waals surface area contributed by atoms with Gasteiger partial charge in [-0.05, 0) is 18.7 Å². The summed E-state index contributed by atoms with van der Waals surface area (Å²) in [6.45, 7) is 0.237. The summed E-state index contributed by atoms with van der Waals surface area (Å²) < 4.78 is 5.42. The van der Waals surface area contributed by atoms with Crippen molar-refractivity contribution in [2.24, 2.45) is 0 Å². The molecule has 0 aromatic heterocycles. The Morgan fingerprint density at radius 2 is 1.93 bits per heavy atom. The summed E-state index contributed by atoms with van der Waals surface area (Å²) in [7, 11) is 0. The lowest BCUT2D eigenvalue weighted by molar-refractivity contribution is 0.363. The van der Waals surface area contributed by atoms with E-state index in [2.05, 4.69) is 0 Å². The second-order valence-corrected chi connectivity index (χ2v) is 10.5. The lowest BCUT2D eigenvalue weighted by atomic mass is 10.3. The van der Waals surface area contributed by atoms with Crippen LogP contribution in [-0.2, 0) is 0 Å². The average molecular weight is 247 g/mol. The van der Waals surface area contributed by atoms with Gasteiger partial charge in [-0.25, -0.2) is 0 Å². The molecule has 0 amide bonds. The summed E-state index contributed by atoms with van der Waals surface area (Å²) >= 11 is 11.8. The van der Waals surface area contributed by atoms with Crippen molar-refractivity contribution >= 4 is 28.9 Å². The molecule has 0 fully saturated rings. The molecule has 14 heavy (non-hydrogen) atoms. The summed E-state index contributed by atoms with van der Waals surface area (Å²) in [5, 5.41) is 0. The molecule has 1 aromatic carbocycles. The Kier molecular flexibility index (Phi) is 4.52. The van der Waals surface area contributed by atoms with Crippen LogP contribution in [0.4, 0.5) is 0 Å². The van der Waals surface area contributed by atoms with Crippen LogP contribution in [0.2, 0.25) is 6.55 Å². The molecule has 0 saturated heterocycles. The Bertz CT molecular complexity index is 293. The first-order chi connectivity index (χ1) is 6.58. The van der Waals surface area contributed by atoms with Crippen molar-refractivity contribution < 1.29 is 4.74 Å². The fourth-order valence-corrected chi connectivity index (χ4v) is 1.96. The first kappa shape index (κ1) is 11.6. The average Bonchev–Trinajstić information content (AvgIpc) is 2.13. The third kappa shape index (κ3) is 5.32. The molecular formula is C10H12Cl2OSi. The molecule has 0 bridgehead atoms. The molecular weight excluding hydrogens is 235 g/mol.